The fraction of sp³-hybridized carbons (Fsp3) is 0.357. The number of methoxy groups -OCH3 is 1. The summed E-state index contributed by atoms with van der Waals surface area (Å²) in [7, 11) is 1.46. The third-order valence-corrected chi connectivity index (χ3v) is 11.5. The Kier molecular flexibility index (Phi) is 9.67. The summed E-state index contributed by atoms with van der Waals surface area (Å²) in [6.45, 7) is 2.16. The van der Waals surface area contributed by atoms with Gasteiger partial charge in [0, 0.05) is 18.9 Å². The minimum absolute atomic E-state index is 0.0190. The van der Waals surface area contributed by atoms with Gasteiger partial charge in [-0.25, -0.2) is 0 Å². The standard InChI is InChI=1S/C42H43N3O8/c1-25-12-16-28(17-13-25)43-45-39(50)33-24-31-29(18-19-30-37(31)40(51)44(38(30)49)22-8-4-7-11-36(47)48)32(20-14-26-15-21-34(46)35(23-26)53-2)42(33,41(45)52)27-9-5-3-6-10-27/h3,5-6,9-10,12-18,20-21,23,30-33,37,43,46H,4,7-8,11,19,22,24H2,1-2H3,(H,47,48)/t30-,31+,32-,33-,37-,42-/m0/s1. The number of phenolic OH excluding ortho intramolecular Hbond substituents is 1. The van der Waals surface area contributed by atoms with E-state index in [2.05, 4.69) is 5.43 Å². The second-order valence-corrected chi connectivity index (χ2v) is 14.5. The molecule has 2 aliphatic carbocycles. The number of nitrogens with zero attached hydrogens (tertiary/aromatic N) is 2. The number of imide groups is 2. The Morgan fingerprint density at radius 1 is 0.943 bits per heavy atom. The van der Waals surface area contributed by atoms with Gasteiger partial charge in [-0.1, -0.05) is 84.3 Å². The van der Waals surface area contributed by atoms with Crippen LogP contribution in [0, 0.1) is 36.5 Å². The van der Waals surface area contributed by atoms with Crippen molar-refractivity contribution in [2.75, 3.05) is 19.1 Å². The van der Waals surface area contributed by atoms with E-state index >= 15 is 4.79 Å². The first-order chi connectivity index (χ1) is 25.6. The van der Waals surface area contributed by atoms with Crippen LogP contribution < -0.4 is 10.2 Å². The van der Waals surface area contributed by atoms with Crippen LogP contribution in [0.15, 0.2) is 90.5 Å². The molecule has 11 heteroatoms. The van der Waals surface area contributed by atoms with Gasteiger partial charge in [0.05, 0.1) is 36.0 Å². The summed E-state index contributed by atoms with van der Waals surface area (Å²) in [5, 5.41) is 20.4. The highest BCUT2D eigenvalue weighted by Gasteiger charge is 2.69. The second-order valence-electron chi connectivity index (χ2n) is 14.5. The van der Waals surface area contributed by atoms with Gasteiger partial charge < -0.3 is 14.9 Å². The normalized spacial score (nSPS) is 26.4. The maximum atomic E-state index is 15.2. The molecule has 0 bridgehead atoms. The number of carbonyl (C=O) groups excluding carboxylic acids is 4. The molecular formula is C42H43N3O8. The Labute approximate surface area is 307 Å². The summed E-state index contributed by atoms with van der Waals surface area (Å²) in [5.41, 5.74) is 5.55. The number of amides is 4. The molecule has 1 saturated carbocycles. The van der Waals surface area contributed by atoms with Gasteiger partial charge in [-0.3, -0.25) is 34.3 Å². The Hall–Kier alpha value is -5.71. The molecule has 6 atom stereocenters. The van der Waals surface area contributed by atoms with Crippen molar-refractivity contribution in [3.8, 4) is 11.5 Å². The van der Waals surface area contributed by atoms with Gasteiger partial charge in [0.2, 0.25) is 11.8 Å². The summed E-state index contributed by atoms with van der Waals surface area (Å²) in [6, 6.07) is 21.7. The number of aryl methyl sites for hydroxylation is 1. The zero-order valence-electron chi connectivity index (χ0n) is 29.7. The molecule has 0 unspecified atom stereocenters. The van der Waals surface area contributed by atoms with E-state index in [1.165, 1.54) is 18.1 Å². The summed E-state index contributed by atoms with van der Waals surface area (Å²) in [6.07, 6.45) is 7.86. The third-order valence-electron chi connectivity index (χ3n) is 11.5. The fourth-order valence-electron chi connectivity index (χ4n) is 9.01. The van der Waals surface area contributed by atoms with Gasteiger partial charge in [0.1, 0.15) is 0 Å². The molecule has 2 aliphatic heterocycles. The molecule has 3 aromatic rings. The number of benzene rings is 3. The van der Waals surface area contributed by atoms with Crippen molar-refractivity contribution in [2.24, 2.45) is 29.6 Å². The van der Waals surface area contributed by atoms with E-state index in [9.17, 15) is 24.3 Å². The number of aliphatic carboxylic acids is 1. The number of aromatic hydroxyl groups is 1. The number of carboxylic acid groups (broad SMARTS) is 1. The minimum Gasteiger partial charge on any atom is -0.504 e. The molecule has 274 valence electrons. The Morgan fingerprint density at radius 2 is 1.70 bits per heavy atom. The molecule has 2 heterocycles. The number of likely N-dealkylation sites (tertiary alicyclic amines) is 1. The average molecular weight is 718 g/mol. The molecule has 3 aromatic carbocycles. The lowest BCUT2D eigenvalue weighted by molar-refractivity contribution is -0.141. The zero-order chi connectivity index (χ0) is 37.4. The molecule has 53 heavy (non-hydrogen) atoms. The molecule has 2 saturated heterocycles. The van der Waals surface area contributed by atoms with Gasteiger partial charge in [0.25, 0.3) is 11.8 Å². The lowest BCUT2D eigenvalue weighted by Crippen LogP contribution is -2.54. The first-order valence-electron chi connectivity index (χ1n) is 18.2. The lowest BCUT2D eigenvalue weighted by Gasteiger charge is -2.49. The third kappa shape index (κ3) is 6.17. The van der Waals surface area contributed by atoms with Crippen LogP contribution in [-0.2, 0) is 29.4 Å². The predicted octanol–water partition coefficient (Wildman–Crippen LogP) is 5.88. The summed E-state index contributed by atoms with van der Waals surface area (Å²) >= 11 is 0. The van der Waals surface area contributed by atoms with E-state index in [0.29, 0.717) is 42.5 Å². The van der Waals surface area contributed by atoms with Crippen molar-refractivity contribution in [1.82, 2.24) is 9.91 Å². The van der Waals surface area contributed by atoms with Crippen LogP contribution in [0.1, 0.15) is 55.2 Å². The molecule has 4 aliphatic rings. The first-order valence-corrected chi connectivity index (χ1v) is 18.2. The van der Waals surface area contributed by atoms with Crippen molar-refractivity contribution in [1.29, 1.82) is 0 Å². The highest BCUT2D eigenvalue weighted by atomic mass is 16.5. The van der Waals surface area contributed by atoms with E-state index in [4.69, 9.17) is 9.84 Å². The number of anilines is 1. The van der Waals surface area contributed by atoms with Crippen molar-refractivity contribution >= 4 is 41.4 Å². The van der Waals surface area contributed by atoms with E-state index in [-0.39, 0.29) is 42.7 Å². The Morgan fingerprint density at radius 3 is 2.42 bits per heavy atom. The molecule has 3 fully saturated rings. The highest BCUT2D eigenvalue weighted by molar-refractivity contribution is 6.13. The number of hydrogen-bond acceptors (Lipinski definition) is 8. The topological polar surface area (TPSA) is 154 Å². The fourth-order valence-corrected chi connectivity index (χ4v) is 9.01. The number of carbonyl (C=O) groups is 5. The summed E-state index contributed by atoms with van der Waals surface area (Å²) in [5.74, 6) is -5.26. The van der Waals surface area contributed by atoms with Crippen LogP contribution in [0.25, 0.3) is 6.08 Å². The van der Waals surface area contributed by atoms with Crippen LogP contribution in [0.5, 0.6) is 11.5 Å². The number of ether oxygens (including phenoxy) is 1. The number of phenols is 1. The van der Waals surface area contributed by atoms with Crippen molar-refractivity contribution in [3.63, 3.8) is 0 Å². The first kappa shape index (κ1) is 35.7. The highest BCUT2D eigenvalue weighted by Crippen LogP contribution is 2.61. The number of nitrogens with one attached hydrogen (secondary N) is 1. The number of hydrazine groups is 1. The Bertz CT molecular complexity index is 2010. The lowest BCUT2D eigenvalue weighted by atomic mass is 9.50. The van der Waals surface area contributed by atoms with Gasteiger partial charge in [0.15, 0.2) is 11.5 Å². The van der Waals surface area contributed by atoms with Gasteiger partial charge in [-0.05, 0) is 73.9 Å². The van der Waals surface area contributed by atoms with E-state index in [0.717, 1.165) is 16.1 Å². The maximum absolute atomic E-state index is 15.2. The van der Waals surface area contributed by atoms with Crippen LogP contribution >= 0.6 is 0 Å². The number of allylic oxidation sites excluding steroid dienone is 3. The molecular weight excluding hydrogens is 674 g/mol. The number of unbranched alkanes of at least 4 members (excludes halogenated alkanes) is 2. The number of fused-ring (bicyclic) bond motifs is 4. The molecule has 0 radical (unpaired) electrons. The molecule has 0 aromatic heterocycles. The van der Waals surface area contributed by atoms with Crippen LogP contribution in [0.2, 0.25) is 0 Å². The number of rotatable bonds is 12. The van der Waals surface area contributed by atoms with Crippen molar-refractivity contribution in [3.05, 3.63) is 107 Å². The second kappa shape index (κ2) is 14.4. The minimum atomic E-state index is -1.38. The van der Waals surface area contributed by atoms with Crippen molar-refractivity contribution in [2.45, 2.75) is 50.9 Å². The van der Waals surface area contributed by atoms with Gasteiger partial charge in [-0.2, -0.15) is 5.01 Å². The van der Waals surface area contributed by atoms with Gasteiger partial charge >= 0.3 is 5.97 Å². The quantitative estimate of drug-likeness (QED) is 0.118. The molecule has 4 amide bonds. The summed E-state index contributed by atoms with van der Waals surface area (Å²) in [4.78, 5) is 70.2. The van der Waals surface area contributed by atoms with Crippen LogP contribution in [-0.4, -0.2) is 63.4 Å². The van der Waals surface area contributed by atoms with E-state index < -0.39 is 52.8 Å². The van der Waals surface area contributed by atoms with Crippen LogP contribution in [0.4, 0.5) is 5.69 Å². The molecule has 7 rings (SSSR count). The smallest absolute Gasteiger partial charge is 0.303 e. The van der Waals surface area contributed by atoms with Gasteiger partial charge in [-0.15, -0.1) is 0 Å². The Balaban J connectivity index is 1.32. The monoisotopic (exact) mass is 717 g/mol. The predicted molar refractivity (Wildman–Crippen MR) is 196 cm³/mol. The molecule has 0 spiro atoms. The van der Waals surface area contributed by atoms with E-state index in [1.807, 2.05) is 79.7 Å². The van der Waals surface area contributed by atoms with Crippen LogP contribution in [0.3, 0.4) is 0 Å². The number of carboxylic acids is 1. The largest absolute Gasteiger partial charge is 0.504 e. The maximum Gasteiger partial charge on any atom is 0.303 e. The zero-order valence-corrected chi connectivity index (χ0v) is 29.7. The molecule has 11 nitrogen and oxygen atoms in total. The van der Waals surface area contributed by atoms with Crippen molar-refractivity contribution < 1.29 is 38.9 Å². The SMILES string of the molecule is COc1cc(C=C[C@H]2C3=CC[C@@H]4C(=O)N(CCCCCC(=O)O)C(=O)[C@@H]4[C@@H]3C[C@H]3C(=O)N(Nc4ccc(C)cc4)C(=O)[C@@]23c2ccccc2)ccc1O. The number of hydrogen-bond donors (Lipinski definition) is 3. The average Bonchev–Trinajstić information content (AvgIpc) is 3.53. The molecule has 3 N–H and O–H groups in total. The van der Waals surface area contributed by atoms with E-state index in [1.54, 1.807) is 12.1 Å². The summed E-state index contributed by atoms with van der Waals surface area (Å²) < 4.78 is 5.35.